The van der Waals surface area contributed by atoms with E-state index in [1.807, 2.05) is 45.0 Å². The first-order valence-corrected chi connectivity index (χ1v) is 8.89. The van der Waals surface area contributed by atoms with Crippen LogP contribution in [0.1, 0.15) is 30.5 Å². The Bertz CT molecular complexity index is 947. The SMILES string of the molecule is COc1cc(/C=C2\N=C(c3ccccc3C)OC2=O)cc(Cl)c1OC(C)C. The van der Waals surface area contributed by atoms with E-state index in [-0.39, 0.29) is 11.8 Å². The van der Waals surface area contributed by atoms with Gasteiger partial charge in [-0.15, -0.1) is 0 Å². The van der Waals surface area contributed by atoms with Crippen LogP contribution in [-0.2, 0) is 9.53 Å². The smallest absolute Gasteiger partial charge is 0.363 e. The van der Waals surface area contributed by atoms with Crippen molar-refractivity contribution in [3.63, 3.8) is 0 Å². The van der Waals surface area contributed by atoms with Gasteiger partial charge in [-0.1, -0.05) is 29.8 Å². The van der Waals surface area contributed by atoms with Crippen molar-refractivity contribution in [2.45, 2.75) is 26.9 Å². The van der Waals surface area contributed by atoms with Crippen molar-refractivity contribution in [1.29, 1.82) is 0 Å². The lowest BCUT2D eigenvalue weighted by Gasteiger charge is -2.15. The Labute approximate surface area is 163 Å². The van der Waals surface area contributed by atoms with Gasteiger partial charge in [0.1, 0.15) is 0 Å². The van der Waals surface area contributed by atoms with E-state index in [4.69, 9.17) is 25.8 Å². The zero-order chi connectivity index (χ0) is 19.6. The molecule has 6 heteroatoms. The summed E-state index contributed by atoms with van der Waals surface area (Å²) in [6.07, 6.45) is 1.56. The van der Waals surface area contributed by atoms with E-state index in [1.165, 1.54) is 7.11 Å². The Kier molecular flexibility index (Phi) is 5.51. The molecule has 2 aromatic carbocycles. The number of aryl methyl sites for hydroxylation is 1. The third-order valence-corrected chi connectivity index (χ3v) is 4.19. The minimum Gasteiger partial charge on any atom is -0.493 e. The van der Waals surface area contributed by atoms with Crippen molar-refractivity contribution in [3.05, 3.63) is 63.8 Å². The van der Waals surface area contributed by atoms with Crippen molar-refractivity contribution >= 4 is 29.5 Å². The topological polar surface area (TPSA) is 57.1 Å². The monoisotopic (exact) mass is 385 g/mol. The quantitative estimate of drug-likeness (QED) is 0.548. The van der Waals surface area contributed by atoms with Crippen LogP contribution in [0.15, 0.2) is 47.1 Å². The van der Waals surface area contributed by atoms with Crippen molar-refractivity contribution in [3.8, 4) is 11.5 Å². The van der Waals surface area contributed by atoms with Crippen LogP contribution in [0.2, 0.25) is 5.02 Å². The van der Waals surface area contributed by atoms with E-state index < -0.39 is 5.97 Å². The summed E-state index contributed by atoms with van der Waals surface area (Å²) in [4.78, 5) is 16.6. The van der Waals surface area contributed by atoms with Crippen molar-refractivity contribution < 1.29 is 19.0 Å². The second-order valence-electron chi connectivity index (χ2n) is 6.35. The molecule has 1 aliphatic heterocycles. The lowest BCUT2D eigenvalue weighted by molar-refractivity contribution is -0.129. The van der Waals surface area contributed by atoms with Gasteiger partial charge in [0.05, 0.1) is 18.2 Å². The zero-order valence-corrected chi connectivity index (χ0v) is 16.3. The second-order valence-corrected chi connectivity index (χ2v) is 6.76. The normalized spacial score (nSPS) is 15.1. The highest BCUT2D eigenvalue weighted by atomic mass is 35.5. The number of rotatable bonds is 5. The maximum Gasteiger partial charge on any atom is 0.363 e. The number of cyclic esters (lactones) is 1. The second kappa shape index (κ2) is 7.84. The number of aliphatic imine (C=N–C) groups is 1. The molecule has 0 aliphatic carbocycles. The van der Waals surface area contributed by atoms with Crippen molar-refractivity contribution in [1.82, 2.24) is 0 Å². The lowest BCUT2D eigenvalue weighted by atomic mass is 10.1. The van der Waals surface area contributed by atoms with Crippen molar-refractivity contribution in [2.24, 2.45) is 4.99 Å². The van der Waals surface area contributed by atoms with E-state index in [1.54, 1.807) is 18.2 Å². The van der Waals surface area contributed by atoms with Gasteiger partial charge < -0.3 is 14.2 Å². The van der Waals surface area contributed by atoms with Gasteiger partial charge in [0, 0.05) is 5.56 Å². The van der Waals surface area contributed by atoms with Gasteiger partial charge >= 0.3 is 5.97 Å². The van der Waals surface area contributed by atoms with Crippen LogP contribution in [-0.4, -0.2) is 25.1 Å². The average Bonchev–Trinajstić information content (AvgIpc) is 2.97. The molecule has 0 radical (unpaired) electrons. The number of esters is 1. The third kappa shape index (κ3) is 4.14. The van der Waals surface area contributed by atoms with Gasteiger partial charge in [0.2, 0.25) is 5.90 Å². The molecule has 3 rings (SSSR count). The van der Waals surface area contributed by atoms with Gasteiger partial charge in [-0.05, 0) is 56.2 Å². The molecule has 0 fully saturated rings. The molecule has 2 aromatic rings. The fourth-order valence-corrected chi connectivity index (χ4v) is 2.93. The van der Waals surface area contributed by atoms with Gasteiger partial charge in [-0.2, -0.15) is 0 Å². The summed E-state index contributed by atoms with van der Waals surface area (Å²) in [7, 11) is 1.54. The molecule has 0 bridgehead atoms. The fourth-order valence-electron chi connectivity index (χ4n) is 2.67. The summed E-state index contributed by atoms with van der Waals surface area (Å²) in [6, 6.07) is 11.0. The molecule has 140 valence electrons. The Balaban J connectivity index is 1.98. The first-order valence-electron chi connectivity index (χ1n) is 8.51. The fraction of sp³-hybridized carbons (Fsp3) is 0.238. The molecule has 5 nitrogen and oxygen atoms in total. The number of carbonyl (C=O) groups excluding carboxylic acids is 1. The van der Waals surface area contributed by atoms with Crippen LogP contribution >= 0.6 is 11.6 Å². The van der Waals surface area contributed by atoms with E-state index >= 15 is 0 Å². The van der Waals surface area contributed by atoms with Gasteiger partial charge in [0.25, 0.3) is 0 Å². The molecule has 27 heavy (non-hydrogen) atoms. The van der Waals surface area contributed by atoms with E-state index in [0.29, 0.717) is 28.0 Å². The summed E-state index contributed by atoms with van der Waals surface area (Å²) in [6.45, 7) is 5.75. The maximum absolute atomic E-state index is 12.2. The van der Waals surface area contributed by atoms with Crippen LogP contribution in [0.3, 0.4) is 0 Å². The first kappa shape index (κ1) is 19.0. The number of hydrogen-bond acceptors (Lipinski definition) is 5. The predicted octanol–water partition coefficient (Wildman–Crippen LogP) is 4.79. The molecule has 0 spiro atoms. The Hall–Kier alpha value is -2.79. The Morgan fingerprint density at radius 2 is 1.96 bits per heavy atom. The Morgan fingerprint density at radius 3 is 2.63 bits per heavy atom. The molecule has 0 saturated heterocycles. The average molecular weight is 386 g/mol. The summed E-state index contributed by atoms with van der Waals surface area (Å²) in [5.41, 5.74) is 2.62. The molecule has 0 atom stereocenters. The first-order chi connectivity index (χ1) is 12.9. The molecule has 1 aliphatic rings. The van der Waals surface area contributed by atoms with E-state index in [9.17, 15) is 4.79 Å². The van der Waals surface area contributed by atoms with Gasteiger partial charge in [0.15, 0.2) is 17.2 Å². The number of hydrogen-bond donors (Lipinski definition) is 0. The van der Waals surface area contributed by atoms with Crippen LogP contribution in [0.25, 0.3) is 6.08 Å². The summed E-state index contributed by atoms with van der Waals surface area (Å²) < 4.78 is 16.4. The zero-order valence-electron chi connectivity index (χ0n) is 15.6. The van der Waals surface area contributed by atoms with Crippen LogP contribution in [0.4, 0.5) is 0 Å². The summed E-state index contributed by atoms with van der Waals surface area (Å²) in [5, 5.41) is 0.393. The molecular weight excluding hydrogens is 366 g/mol. The summed E-state index contributed by atoms with van der Waals surface area (Å²) in [5.74, 6) is 0.736. The summed E-state index contributed by atoms with van der Waals surface area (Å²) >= 11 is 6.34. The van der Waals surface area contributed by atoms with Crippen molar-refractivity contribution in [2.75, 3.05) is 7.11 Å². The number of carbonyl (C=O) groups is 1. The van der Waals surface area contributed by atoms with Crippen LogP contribution in [0, 0.1) is 6.92 Å². The largest absolute Gasteiger partial charge is 0.493 e. The molecule has 0 amide bonds. The third-order valence-electron chi connectivity index (χ3n) is 3.90. The standard InChI is InChI=1S/C21H20ClNO4/c1-12(2)26-19-16(22)9-14(11-18(19)25-4)10-17-21(24)27-20(23-17)15-8-6-5-7-13(15)3/h5-12H,1-4H3/b17-10-. The van der Waals surface area contributed by atoms with Crippen LogP contribution < -0.4 is 9.47 Å². The minimum absolute atomic E-state index is 0.0494. The molecule has 0 unspecified atom stereocenters. The van der Waals surface area contributed by atoms with Crippen LogP contribution in [0.5, 0.6) is 11.5 Å². The highest BCUT2D eigenvalue weighted by molar-refractivity contribution is 6.32. The van der Waals surface area contributed by atoms with Gasteiger partial charge in [-0.3, -0.25) is 0 Å². The molecule has 0 saturated carbocycles. The minimum atomic E-state index is -0.508. The predicted molar refractivity (Wildman–Crippen MR) is 106 cm³/mol. The van der Waals surface area contributed by atoms with E-state index in [0.717, 1.165) is 11.1 Å². The van der Waals surface area contributed by atoms with Gasteiger partial charge in [-0.25, -0.2) is 9.79 Å². The number of nitrogens with zero attached hydrogens (tertiary/aromatic N) is 1. The molecular formula is C21H20ClNO4. The van der Waals surface area contributed by atoms with E-state index in [2.05, 4.69) is 4.99 Å². The number of ether oxygens (including phenoxy) is 3. The maximum atomic E-state index is 12.2. The number of halogens is 1. The highest BCUT2D eigenvalue weighted by Gasteiger charge is 2.25. The Morgan fingerprint density at radius 1 is 1.22 bits per heavy atom. The number of methoxy groups -OCH3 is 1. The molecule has 1 heterocycles. The lowest BCUT2D eigenvalue weighted by Crippen LogP contribution is -2.07. The number of benzene rings is 2. The molecule has 0 aromatic heterocycles. The molecule has 0 N–H and O–H groups in total. The highest BCUT2D eigenvalue weighted by Crippen LogP contribution is 2.38.